The summed E-state index contributed by atoms with van der Waals surface area (Å²) in [5, 5.41) is 2.69. The number of nitrogens with zero attached hydrogens (tertiary/aromatic N) is 1. The Labute approximate surface area is 135 Å². The molecule has 1 N–H and O–H groups in total. The minimum Gasteiger partial charge on any atom is -0.321 e. The van der Waals surface area contributed by atoms with Gasteiger partial charge in [-0.05, 0) is 43.4 Å². The van der Waals surface area contributed by atoms with E-state index in [0.29, 0.717) is 5.92 Å². The largest absolute Gasteiger partial charge is 0.322 e. The number of amides is 2. The van der Waals surface area contributed by atoms with Gasteiger partial charge in [0.1, 0.15) is 10.7 Å². The Bertz CT molecular complexity index is 720. The van der Waals surface area contributed by atoms with Crippen molar-refractivity contribution in [3.63, 3.8) is 0 Å². The number of benzene rings is 1. The number of fused-ring (bicyclic) bond motifs is 1. The second-order valence-corrected chi connectivity index (χ2v) is 8.43. The first kappa shape index (κ1) is 16.2. The highest BCUT2D eigenvalue weighted by Crippen LogP contribution is 2.36. The third-order valence-electron chi connectivity index (χ3n) is 4.85. The van der Waals surface area contributed by atoms with Gasteiger partial charge in [-0.1, -0.05) is 12.8 Å². The monoisotopic (exact) mass is 340 g/mol. The molecule has 1 saturated carbocycles. The number of carbonyl (C=O) groups excluding carboxylic acids is 1. The van der Waals surface area contributed by atoms with E-state index >= 15 is 0 Å². The van der Waals surface area contributed by atoms with E-state index in [1.165, 1.54) is 25.0 Å². The van der Waals surface area contributed by atoms with E-state index in [4.69, 9.17) is 0 Å². The maximum absolute atomic E-state index is 13.9. The fourth-order valence-corrected chi connectivity index (χ4v) is 4.46. The van der Waals surface area contributed by atoms with E-state index in [1.54, 1.807) is 0 Å². The van der Waals surface area contributed by atoms with Crippen molar-refractivity contribution in [2.75, 3.05) is 18.1 Å². The molecule has 23 heavy (non-hydrogen) atoms. The second kappa shape index (κ2) is 6.11. The highest BCUT2D eigenvalue weighted by atomic mass is 32.2. The Balaban J connectivity index is 1.72. The first-order valence-corrected chi connectivity index (χ1v) is 9.82. The molecule has 1 aliphatic carbocycles. The van der Waals surface area contributed by atoms with Crippen molar-refractivity contribution in [2.24, 2.45) is 5.92 Å². The van der Waals surface area contributed by atoms with Crippen LogP contribution in [0.2, 0.25) is 0 Å². The topological polar surface area (TPSA) is 66.5 Å². The summed E-state index contributed by atoms with van der Waals surface area (Å²) in [6, 6.07) is 3.72. The molecule has 1 saturated heterocycles. The summed E-state index contributed by atoms with van der Waals surface area (Å²) >= 11 is 0. The molecule has 1 heterocycles. The summed E-state index contributed by atoms with van der Waals surface area (Å²) in [4.78, 5) is 13.9. The Hall–Kier alpha value is -1.63. The van der Waals surface area contributed by atoms with Crippen LogP contribution in [0.1, 0.15) is 32.1 Å². The minimum absolute atomic E-state index is 0.231. The van der Waals surface area contributed by atoms with Crippen molar-refractivity contribution in [3.8, 4) is 0 Å². The Morgan fingerprint density at radius 2 is 2.00 bits per heavy atom. The van der Waals surface area contributed by atoms with Crippen LogP contribution in [0.25, 0.3) is 0 Å². The van der Waals surface area contributed by atoms with Crippen LogP contribution in [0.15, 0.2) is 23.1 Å². The first-order chi connectivity index (χ1) is 10.9. The first-order valence-electron chi connectivity index (χ1n) is 7.93. The zero-order chi connectivity index (χ0) is 16.6. The predicted octanol–water partition coefficient (Wildman–Crippen LogP) is 3.03. The number of halogens is 1. The van der Waals surface area contributed by atoms with Gasteiger partial charge in [-0.3, -0.25) is 0 Å². The van der Waals surface area contributed by atoms with E-state index in [1.807, 2.05) is 4.90 Å². The van der Waals surface area contributed by atoms with Crippen LogP contribution in [-0.4, -0.2) is 38.2 Å². The van der Waals surface area contributed by atoms with Crippen molar-refractivity contribution in [1.82, 2.24) is 4.90 Å². The number of anilines is 1. The van der Waals surface area contributed by atoms with Crippen molar-refractivity contribution < 1.29 is 17.6 Å². The summed E-state index contributed by atoms with van der Waals surface area (Å²) in [5.74, 6) is -0.263. The number of carbonyl (C=O) groups is 1. The normalized spacial score (nSPS) is 24.3. The lowest BCUT2D eigenvalue weighted by Crippen LogP contribution is -2.41. The molecule has 0 aromatic heterocycles. The lowest BCUT2D eigenvalue weighted by molar-refractivity contribution is 0.182. The van der Waals surface area contributed by atoms with Crippen LogP contribution in [0, 0.1) is 11.7 Å². The quantitative estimate of drug-likeness (QED) is 0.900. The van der Waals surface area contributed by atoms with Crippen molar-refractivity contribution in [3.05, 3.63) is 24.0 Å². The molecule has 5 nitrogen and oxygen atoms in total. The van der Waals surface area contributed by atoms with Crippen LogP contribution >= 0.6 is 0 Å². The lowest BCUT2D eigenvalue weighted by Gasteiger charge is -2.31. The maximum Gasteiger partial charge on any atom is 0.322 e. The molecule has 1 aromatic rings. The molecule has 2 fully saturated rings. The predicted molar refractivity (Wildman–Crippen MR) is 85.6 cm³/mol. The van der Waals surface area contributed by atoms with E-state index in [2.05, 4.69) is 5.32 Å². The van der Waals surface area contributed by atoms with Gasteiger partial charge in [0, 0.05) is 24.5 Å². The molecule has 7 heteroatoms. The van der Waals surface area contributed by atoms with Crippen molar-refractivity contribution >= 4 is 21.6 Å². The van der Waals surface area contributed by atoms with Crippen molar-refractivity contribution in [1.29, 1.82) is 0 Å². The summed E-state index contributed by atoms with van der Waals surface area (Å²) in [7, 11) is -3.61. The number of likely N-dealkylation sites (tertiary alicyclic amines) is 1. The molecule has 2 aliphatic rings. The number of hydrogen-bond acceptors (Lipinski definition) is 3. The summed E-state index contributed by atoms with van der Waals surface area (Å²) < 4.78 is 36.7. The minimum atomic E-state index is -3.61. The van der Waals surface area contributed by atoms with Crippen LogP contribution in [0.3, 0.4) is 0 Å². The van der Waals surface area contributed by atoms with E-state index in [9.17, 15) is 17.6 Å². The molecule has 0 bridgehead atoms. The molecule has 0 unspecified atom stereocenters. The van der Waals surface area contributed by atoms with Crippen LogP contribution < -0.4 is 5.32 Å². The maximum atomic E-state index is 13.9. The smallest absolute Gasteiger partial charge is 0.321 e. The number of sulfone groups is 1. The van der Waals surface area contributed by atoms with Gasteiger partial charge in [0.05, 0.1) is 0 Å². The molecular formula is C16H21FN2O3S. The number of hydrogen-bond donors (Lipinski definition) is 1. The molecule has 0 radical (unpaired) electrons. The van der Waals surface area contributed by atoms with Crippen LogP contribution in [-0.2, 0) is 9.84 Å². The average Bonchev–Trinajstić information content (AvgIpc) is 2.90. The van der Waals surface area contributed by atoms with E-state index < -0.39 is 15.7 Å². The fraction of sp³-hybridized carbons (Fsp3) is 0.562. The summed E-state index contributed by atoms with van der Waals surface area (Å²) in [5.41, 5.74) is 0.277. The molecule has 126 valence electrons. The molecule has 2 amide bonds. The van der Waals surface area contributed by atoms with Gasteiger partial charge in [0.25, 0.3) is 0 Å². The average molecular weight is 340 g/mol. The van der Waals surface area contributed by atoms with Crippen LogP contribution in [0.5, 0.6) is 0 Å². The fourth-order valence-electron chi connectivity index (χ4n) is 3.73. The van der Waals surface area contributed by atoms with Gasteiger partial charge < -0.3 is 10.2 Å². The van der Waals surface area contributed by atoms with Gasteiger partial charge in [0.2, 0.25) is 0 Å². The lowest BCUT2D eigenvalue weighted by atomic mass is 9.85. The number of nitrogens with one attached hydrogen (secondary N) is 1. The Morgan fingerprint density at radius 1 is 1.26 bits per heavy atom. The van der Waals surface area contributed by atoms with Gasteiger partial charge in [-0.15, -0.1) is 0 Å². The Morgan fingerprint density at radius 3 is 2.70 bits per heavy atom. The van der Waals surface area contributed by atoms with Crippen molar-refractivity contribution in [2.45, 2.75) is 43.0 Å². The summed E-state index contributed by atoms with van der Waals surface area (Å²) in [6.07, 6.45) is 6.56. The zero-order valence-electron chi connectivity index (χ0n) is 13.1. The number of rotatable bonds is 2. The third-order valence-corrected chi connectivity index (χ3v) is 5.98. The van der Waals surface area contributed by atoms with Crippen LogP contribution in [0.4, 0.5) is 14.9 Å². The highest BCUT2D eigenvalue weighted by Gasteiger charge is 2.38. The van der Waals surface area contributed by atoms with Gasteiger partial charge in [-0.25, -0.2) is 17.6 Å². The SMILES string of the molecule is CS(=O)(=O)c1ccc(NC(=O)N2CC[C@@H]3CCCC[C@@H]32)cc1F. The van der Waals surface area contributed by atoms with Gasteiger partial charge in [0.15, 0.2) is 9.84 Å². The molecule has 1 aromatic carbocycles. The van der Waals surface area contributed by atoms with E-state index in [0.717, 1.165) is 38.1 Å². The second-order valence-electron chi connectivity index (χ2n) is 6.44. The van der Waals surface area contributed by atoms with Gasteiger partial charge >= 0.3 is 6.03 Å². The zero-order valence-corrected chi connectivity index (χ0v) is 13.9. The number of urea groups is 1. The molecule has 0 spiro atoms. The Kier molecular flexibility index (Phi) is 4.31. The third kappa shape index (κ3) is 3.34. The highest BCUT2D eigenvalue weighted by molar-refractivity contribution is 7.90. The molecule has 2 atom stereocenters. The van der Waals surface area contributed by atoms with E-state index in [-0.39, 0.29) is 22.7 Å². The molecule has 1 aliphatic heterocycles. The molecule has 3 rings (SSSR count). The molecular weight excluding hydrogens is 319 g/mol. The van der Waals surface area contributed by atoms with Gasteiger partial charge in [-0.2, -0.15) is 0 Å². The standard InChI is InChI=1S/C16H21FN2O3S/c1-23(21,22)15-7-6-12(10-13(15)17)18-16(20)19-9-8-11-4-2-3-5-14(11)19/h6-7,10-11,14H,2-5,8-9H2,1H3,(H,18,20)/t11-,14-/m0/s1. The summed E-state index contributed by atoms with van der Waals surface area (Å²) in [6.45, 7) is 0.727.